The van der Waals surface area contributed by atoms with Gasteiger partial charge in [0.25, 0.3) is 0 Å². The highest BCUT2D eigenvalue weighted by molar-refractivity contribution is 9.10. The first-order chi connectivity index (χ1) is 10.2. The van der Waals surface area contributed by atoms with Crippen LogP contribution < -0.4 is 5.73 Å². The number of nitrogens with two attached hydrogens (primary N) is 1. The van der Waals surface area contributed by atoms with Crippen molar-refractivity contribution in [2.75, 3.05) is 0 Å². The number of rotatable bonds is 3. The fourth-order valence-corrected chi connectivity index (χ4v) is 3.41. The van der Waals surface area contributed by atoms with Gasteiger partial charge in [0.1, 0.15) is 0 Å². The van der Waals surface area contributed by atoms with Crippen molar-refractivity contribution in [2.45, 2.75) is 10.1 Å². The molecular weight excluding hydrogens is 354 g/mol. The maximum atomic E-state index is 8.72. The third-order valence-corrected chi connectivity index (χ3v) is 4.42. The van der Waals surface area contributed by atoms with Crippen molar-refractivity contribution in [2.24, 2.45) is 10.9 Å². The molecule has 0 saturated heterocycles. The molecule has 3 rings (SSSR count). The zero-order chi connectivity index (χ0) is 14.8. The van der Waals surface area contributed by atoms with Crippen molar-refractivity contribution in [3.63, 3.8) is 0 Å². The standard InChI is InChI=1S/C13H10BrN5OS/c14-10-7-8(4-5-9(10)12(15)18-20)21-13-17-16-11-3-1-2-6-19(11)13/h1-7,20H,(H2,15,18). The molecule has 0 amide bonds. The smallest absolute Gasteiger partial charge is 0.200 e. The van der Waals surface area contributed by atoms with Crippen LogP contribution in [0.1, 0.15) is 5.56 Å². The summed E-state index contributed by atoms with van der Waals surface area (Å²) < 4.78 is 2.66. The minimum atomic E-state index is 0.0614. The largest absolute Gasteiger partial charge is 0.409 e. The molecule has 2 aromatic heterocycles. The van der Waals surface area contributed by atoms with E-state index in [0.717, 1.165) is 20.2 Å². The second-order valence-electron chi connectivity index (χ2n) is 4.14. The molecule has 0 saturated carbocycles. The molecule has 0 aliphatic heterocycles. The van der Waals surface area contributed by atoms with E-state index in [-0.39, 0.29) is 5.84 Å². The van der Waals surface area contributed by atoms with Gasteiger partial charge in [-0.15, -0.1) is 10.2 Å². The van der Waals surface area contributed by atoms with Gasteiger partial charge in [0.2, 0.25) is 0 Å². The molecule has 106 valence electrons. The van der Waals surface area contributed by atoms with Gasteiger partial charge >= 0.3 is 0 Å². The molecule has 0 bridgehead atoms. The number of fused-ring (bicyclic) bond motifs is 1. The Labute approximate surface area is 132 Å². The van der Waals surface area contributed by atoms with Crippen molar-refractivity contribution in [1.29, 1.82) is 0 Å². The van der Waals surface area contributed by atoms with Gasteiger partial charge in [-0.05, 0) is 58.0 Å². The van der Waals surface area contributed by atoms with E-state index in [4.69, 9.17) is 10.9 Å². The first kappa shape index (κ1) is 13.9. The quantitative estimate of drug-likeness (QED) is 0.323. The zero-order valence-corrected chi connectivity index (χ0v) is 13.0. The SMILES string of the molecule is N/C(=N/O)c1ccc(Sc2nnc3ccccn23)cc1Br. The van der Waals surface area contributed by atoms with Gasteiger partial charge in [-0.25, -0.2) is 0 Å². The summed E-state index contributed by atoms with van der Waals surface area (Å²) in [5.41, 5.74) is 7.02. The minimum absolute atomic E-state index is 0.0614. The summed E-state index contributed by atoms with van der Waals surface area (Å²) in [4.78, 5) is 0.967. The second-order valence-corrected chi connectivity index (χ2v) is 6.04. The molecule has 0 atom stereocenters. The average Bonchev–Trinajstić information content (AvgIpc) is 2.90. The Bertz CT molecular complexity index is 832. The van der Waals surface area contributed by atoms with Gasteiger partial charge in [0.05, 0.1) is 0 Å². The molecular formula is C13H10BrN5OS. The first-order valence-electron chi connectivity index (χ1n) is 5.94. The summed E-state index contributed by atoms with van der Waals surface area (Å²) >= 11 is 4.90. The molecule has 2 heterocycles. The van der Waals surface area contributed by atoms with Crippen LogP contribution in [0.3, 0.4) is 0 Å². The fourth-order valence-electron chi connectivity index (χ4n) is 1.82. The lowest BCUT2D eigenvalue weighted by atomic mass is 10.2. The van der Waals surface area contributed by atoms with Crippen LogP contribution in [0.4, 0.5) is 0 Å². The second kappa shape index (κ2) is 5.74. The Balaban J connectivity index is 1.94. The van der Waals surface area contributed by atoms with E-state index in [1.54, 1.807) is 6.07 Å². The first-order valence-corrected chi connectivity index (χ1v) is 7.55. The summed E-state index contributed by atoms with van der Waals surface area (Å²) in [6, 6.07) is 11.3. The van der Waals surface area contributed by atoms with E-state index in [0.29, 0.717) is 5.56 Å². The highest BCUT2D eigenvalue weighted by atomic mass is 79.9. The van der Waals surface area contributed by atoms with E-state index in [9.17, 15) is 0 Å². The van der Waals surface area contributed by atoms with E-state index in [2.05, 4.69) is 31.3 Å². The van der Waals surface area contributed by atoms with Crippen LogP contribution in [-0.4, -0.2) is 25.6 Å². The predicted octanol–water partition coefficient (Wildman–Crippen LogP) is 2.74. The zero-order valence-electron chi connectivity index (χ0n) is 10.6. The third kappa shape index (κ3) is 2.72. The minimum Gasteiger partial charge on any atom is -0.409 e. The number of hydrogen-bond donors (Lipinski definition) is 2. The molecule has 3 N–H and O–H groups in total. The molecule has 0 aliphatic rings. The van der Waals surface area contributed by atoms with Crippen molar-refractivity contribution in [1.82, 2.24) is 14.6 Å². The number of halogens is 1. The lowest BCUT2D eigenvalue weighted by Gasteiger charge is -2.05. The maximum Gasteiger partial charge on any atom is 0.200 e. The van der Waals surface area contributed by atoms with Crippen LogP contribution >= 0.6 is 27.7 Å². The summed E-state index contributed by atoms with van der Waals surface area (Å²) in [7, 11) is 0. The molecule has 21 heavy (non-hydrogen) atoms. The highest BCUT2D eigenvalue weighted by Gasteiger charge is 2.10. The highest BCUT2D eigenvalue weighted by Crippen LogP contribution is 2.30. The Hall–Kier alpha value is -2.06. The van der Waals surface area contributed by atoms with Gasteiger partial charge in [0.15, 0.2) is 16.6 Å². The number of amidine groups is 1. The molecule has 0 radical (unpaired) electrons. The monoisotopic (exact) mass is 363 g/mol. The lowest BCUT2D eigenvalue weighted by Crippen LogP contribution is -2.13. The van der Waals surface area contributed by atoms with Crippen molar-refractivity contribution >= 4 is 39.2 Å². The molecule has 0 unspecified atom stereocenters. The van der Waals surface area contributed by atoms with Crippen LogP contribution in [-0.2, 0) is 0 Å². The van der Waals surface area contributed by atoms with Crippen LogP contribution in [0, 0.1) is 0 Å². The van der Waals surface area contributed by atoms with Crippen LogP contribution in [0.2, 0.25) is 0 Å². The van der Waals surface area contributed by atoms with E-state index < -0.39 is 0 Å². The molecule has 3 aromatic rings. The molecule has 8 heteroatoms. The van der Waals surface area contributed by atoms with Gasteiger partial charge in [-0.3, -0.25) is 4.40 Å². The third-order valence-electron chi connectivity index (χ3n) is 2.82. The van der Waals surface area contributed by atoms with Crippen LogP contribution in [0.15, 0.2) is 62.3 Å². The maximum absolute atomic E-state index is 8.72. The molecule has 0 fully saturated rings. The Morgan fingerprint density at radius 3 is 2.90 bits per heavy atom. The van der Waals surface area contributed by atoms with Gasteiger partial charge < -0.3 is 10.9 Å². The molecule has 0 aliphatic carbocycles. The van der Waals surface area contributed by atoms with Crippen molar-refractivity contribution < 1.29 is 5.21 Å². The number of nitrogens with zero attached hydrogens (tertiary/aromatic N) is 4. The summed E-state index contributed by atoms with van der Waals surface area (Å²) in [6.45, 7) is 0. The Morgan fingerprint density at radius 1 is 1.29 bits per heavy atom. The number of pyridine rings is 1. The number of oxime groups is 1. The summed E-state index contributed by atoms with van der Waals surface area (Å²) in [6.07, 6.45) is 1.91. The van der Waals surface area contributed by atoms with Gasteiger partial charge in [-0.1, -0.05) is 11.2 Å². The number of aromatic nitrogens is 3. The van der Waals surface area contributed by atoms with Crippen molar-refractivity contribution in [3.05, 3.63) is 52.6 Å². The molecule has 1 aromatic carbocycles. The summed E-state index contributed by atoms with van der Waals surface area (Å²) in [5, 5.41) is 20.8. The predicted molar refractivity (Wildman–Crippen MR) is 83.8 cm³/mol. The van der Waals surface area contributed by atoms with Crippen LogP contribution in [0.5, 0.6) is 0 Å². The van der Waals surface area contributed by atoms with Gasteiger partial charge in [0, 0.05) is 21.1 Å². The lowest BCUT2D eigenvalue weighted by molar-refractivity contribution is 0.318. The van der Waals surface area contributed by atoms with E-state index >= 15 is 0 Å². The Morgan fingerprint density at radius 2 is 2.14 bits per heavy atom. The van der Waals surface area contributed by atoms with E-state index in [1.807, 2.05) is 40.9 Å². The topological polar surface area (TPSA) is 88.8 Å². The Kier molecular flexibility index (Phi) is 3.80. The van der Waals surface area contributed by atoms with Gasteiger partial charge in [-0.2, -0.15) is 0 Å². The van der Waals surface area contributed by atoms with Crippen LogP contribution in [0.25, 0.3) is 5.65 Å². The number of hydrogen-bond acceptors (Lipinski definition) is 5. The number of benzene rings is 1. The fraction of sp³-hybridized carbons (Fsp3) is 0. The summed E-state index contributed by atoms with van der Waals surface area (Å²) in [5.74, 6) is 0.0614. The van der Waals surface area contributed by atoms with Crippen molar-refractivity contribution in [3.8, 4) is 0 Å². The van der Waals surface area contributed by atoms with E-state index in [1.165, 1.54) is 11.8 Å². The molecule has 6 nitrogen and oxygen atoms in total. The normalized spacial score (nSPS) is 12.0. The average molecular weight is 364 g/mol. The molecule has 0 spiro atoms.